The average Bonchev–Trinajstić information content (AvgIpc) is 3.47. The molecule has 6 rings (SSSR count). The number of hydrogen-bond donors (Lipinski definition) is 4. The molecule has 42 heavy (non-hydrogen) atoms. The van der Waals surface area contributed by atoms with Crippen LogP contribution in [0, 0.1) is 13.8 Å². The molecule has 4 aromatic rings. The van der Waals surface area contributed by atoms with E-state index >= 15 is 0 Å². The maximum Gasteiger partial charge on any atom is 0.148 e. The van der Waals surface area contributed by atoms with Crippen molar-refractivity contribution in [1.82, 2.24) is 19.9 Å². The van der Waals surface area contributed by atoms with Gasteiger partial charge in [0.2, 0.25) is 0 Å². The van der Waals surface area contributed by atoms with Gasteiger partial charge in [-0.2, -0.15) is 0 Å². The predicted octanol–water partition coefficient (Wildman–Crippen LogP) is 6.36. The Kier molecular flexibility index (Phi) is 9.57. The quantitative estimate of drug-likeness (QED) is 0.184. The first-order valence-electron chi connectivity index (χ1n) is 14.3. The largest absolute Gasteiger partial charge is 0.390 e. The fraction of sp³-hybridized carbons (Fsp3) is 0.375. The predicted molar refractivity (Wildman–Crippen MR) is 173 cm³/mol. The number of aromatic nitrogens is 4. The van der Waals surface area contributed by atoms with Crippen LogP contribution in [0.25, 0.3) is 0 Å². The Hall–Kier alpha value is -2.92. The molecular formula is C32H36Br2N6O2. The Labute approximate surface area is 263 Å². The van der Waals surface area contributed by atoms with E-state index in [0.717, 1.165) is 67.6 Å². The van der Waals surface area contributed by atoms with Gasteiger partial charge >= 0.3 is 0 Å². The van der Waals surface area contributed by atoms with E-state index in [1.807, 2.05) is 45.0 Å². The smallest absolute Gasteiger partial charge is 0.148 e. The summed E-state index contributed by atoms with van der Waals surface area (Å²) in [5.41, 5.74) is 8.18. The van der Waals surface area contributed by atoms with Crippen LogP contribution in [0.4, 0.5) is 11.6 Å². The van der Waals surface area contributed by atoms with Crippen LogP contribution in [0.1, 0.15) is 71.0 Å². The molecule has 4 atom stereocenters. The number of aryl methyl sites for hydroxylation is 4. The molecule has 2 aliphatic rings. The number of aliphatic hydroxyl groups is 2. The summed E-state index contributed by atoms with van der Waals surface area (Å²) < 4.78 is 1.57. The SMILES string of the molecule is CCc1nc(Br)c(C)nc1NC1c2ccccc2C[C@@H]1O.CCc1nc(NC2c3ccccc3C[C@@H]2O)c(C)nc1Br. The van der Waals surface area contributed by atoms with E-state index < -0.39 is 12.2 Å². The summed E-state index contributed by atoms with van der Waals surface area (Å²) in [6.07, 6.45) is 2.09. The summed E-state index contributed by atoms with van der Waals surface area (Å²) in [6, 6.07) is 16.0. The van der Waals surface area contributed by atoms with Gasteiger partial charge in [-0.05, 0) is 80.8 Å². The second-order valence-corrected chi connectivity index (χ2v) is 12.2. The zero-order valence-corrected chi connectivity index (χ0v) is 27.4. The number of halogens is 2. The number of rotatable bonds is 6. The third-order valence-corrected chi connectivity index (χ3v) is 9.23. The summed E-state index contributed by atoms with van der Waals surface area (Å²) in [7, 11) is 0. The molecule has 2 heterocycles. The lowest BCUT2D eigenvalue weighted by Gasteiger charge is -2.20. The molecule has 8 nitrogen and oxygen atoms in total. The Morgan fingerprint density at radius 3 is 1.74 bits per heavy atom. The molecule has 2 unspecified atom stereocenters. The lowest BCUT2D eigenvalue weighted by atomic mass is 10.1. The molecular weight excluding hydrogens is 660 g/mol. The molecule has 2 aliphatic carbocycles. The first kappa shape index (κ1) is 30.5. The second-order valence-electron chi connectivity index (χ2n) is 10.7. The Balaban J connectivity index is 0.000000168. The van der Waals surface area contributed by atoms with E-state index in [2.05, 4.69) is 93.6 Å². The zero-order chi connectivity index (χ0) is 30.0. The Morgan fingerprint density at radius 1 is 0.667 bits per heavy atom. The number of benzene rings is 2. The lowest BCUT2D eigenvalue weighted by molar-refractivity contribution is 0.165. The van der Waals surface area contributed by atoms with Crippen LogP contribution in [0.15, 0.2) is 57.7 Å². The number of nitrogens with one attached hydrogen (secondary N) is 2. The fourth-order valence-electron chi connectivity index (χ4n) is 5.57. The second kappa shape index (κ2) is 13.2. The van der Waals surface area contributed by atoms with Crippen molar-refractivity contribution in [3.05, 3.63) is 103 Å². The minimum atomic E-state index is -0.433. The van der Waals surface area contributed by atoms with E-state index in [1.54, 1.807) is 0 Å². The van der Waals surface area contributed by atoms with Crippen molar-refractivity contribution in [2.45, 2.75) is 77.7 Å². The topological polar surface area (TPSA) is 116 Å². The van der Waals surface area contributed by atoms with Crippen LogP contribution in [0.2, 0.25) is 0 Å². The van der Waals surface area contributed by atoms with Gasteiger partial charge < -0.3 is 20.8 Å². The molecule has 4 N–H and O–H groups in total. The van der Waals surface area contributed by atoms with Crippen LogP contribution in [-0.2, 0) is 25.7 Å². The van der Waals surface area contributed by atoms with Crippen molar-refractivity contribution < 1.29 is 10.2 Å². The van der Waals surface area contributed by atoms with Gasteiger partial charge in [0.05, 0.1) is 47.1 Å². The van der Waals surface area contributed by atoms with Crippen LogP contribution in [0.5, 0.6) is 0 Å². The van der Waals surface area contributed by atoms with Gasteiger partial charge in [-0.15, -0.1) is 0 Å². The van der Waals surface area contributed by atoms with Crippen molar-refractivity contribution in [1.29, 1.82) is 0 Å². The van der Waals surface area contributed by atoms with Crippen LogP contribution >= 0.6 is 31.9 Å². The molecule has 0 saturated heterocycles. The van der Waals surface area contributed by atoms with Crippen molar-refractivity contribution in [2.24, 2.45) is 0 Å². The lowest BCUT2D eigenvalue weighted by Crippen LogP contribution is -2.23. The molecule has 10 heteroatoms. The van der Waals surface area contributed by atoms with Gasteiger partial charge in [0, 0.05) is 12.8 Å². The van der Waals surface area contributed by atoms with Gasteiger partial charge in [0.15, 0.2) is 0 Å². The standard InChI is InChI=1S/2C16H18BrN3O/c1-3-12-15(17)18-9(2)16(19-12)20-14-11-7-5-4-6-10(11)8-13(14)21;1-3-12-16(18-9(2)15(17)19-12)20-14-11-7-5-4-6-10(11)8-13(14)21/h4-7,13-14,21H,3,8H2,1-2H3,(H,19,20);4-7,13-14,21H,3,8H2,1-2H3,(H,18,20)/t2*13-,14?/m00/s1. The number of aliphatic hydroxyl groups excluding tert-OH is 2. The highest BCUT2D eigenvalue weighted by Gasteiger charge is 2.32. The maximum absolute atomic E-state index is 10.3. The van der Waals surface area contributed by atoms with Crippen molar-refractivity contribution in [2.75, 3.05) is 10.6 Å². The van der Waals surface area contributed by atoms with Gasteiger partial charge in [-0.3, -0.25) is 0 Å². The minimum Gasteiger partial charge on any atom is -0.390 e. The Bertz CT molecular complexity index is 1580. The molecule has 220 valence electrons. The minimum absolute atomic E-state index is 0.124. The summed E-state index contributed by atoms with van der Waals surface area (Å²) in [4.78, 5) is 18.2. The van der Waals surface area contributed by atoms with Crippen molar-refractivity contribution >= 4 is 43.5 Å². The number of fused-ring (bicyclic) bond motifs is 2. The first-order valence-corrected chi connectivity index (χ1v) is 15.9. The van der Waals surface area contributed by atoms with E-state index in [-0.39, 0.29) is 12.1 Å². The highest BCUT2D eigenvalue weighted by atomic mass is 79.9. The van der Waals surface area contributed by atoms with E-state index in [4.69, 9.17) is 0 Å². The van der Waals surface area contributed by atoms with E-state index in [0.29, 0.717) is 12.8 Å². The summed E-state index contributed by atoms with van der Waals surface area (Å²) >= 11 is 6.86. The number of anilines is 2. The molecule has 0 spiro atoms. The molecule has 0 saturated carbocycles. The molecule has 2 aromatic carbocycles. The summed E-state index contributed by atoms with van der Waals surface area (Å²) in [5.74, 6) is 1.51. The van der Waals surface area contributed by atoms with Gasteiger partial charge in [0.1, 0.15) is 20.8 Å². The van der Waals surface area contributed by atoms with Crippen molar-refractivity contribution in [3.63, 3.8) is 0 Å². The zero-order valence-electron chi connectivity index (χ0n) is 24.2. The van der Waals surface area contributed by atoms with E-state index in [9.17, 15) is 10.2 Å². The highest BCUT2D eigenvalue weighted by molar-refractivity contribution is 9.10. The molecule has 0 radical (unpaired) electrons. The third-order valence-electron chi connectivity index (χ3n) is 7.84. The highest BCUT2D eigenvalue weighted by Crippen LogP contribution is 2.36. The van der Waals surface area contributed by atoms with Gasteiger partial charge in [-0.1, -0.05) is 62.4 Å². The normalized spacial score (nSPS) is 20.4. The van der Waals surface area contributed by atoms with Gasteiger partial charge in [0.25, 0.3) is 0 Å². The van der Waals surface area contributed by atoms with E-state index in [1.165, 1.54) is 11.1 Å². The van der Waals surface area contributed by atoms with Gasteiger partial charge in [-0.25, -0.2) is 19.9 Å². The Morgan fingerprint density at radius 2 is 1.19 bits per heavy atom. The molecule has 0 aliphatic heterocycles. The monoisotopic (exact) mass is 694 g/mol. The van der Waals surface area contributed by atoms with Crippen molar-refractivity contribution in [3.8, 4) is 0 Å². The molecule has 0 fully saturated rings. The number of hydrogen-bond acceptors (Lipinski definition) is 8. The average molecular weight is 696 g/mol. The molecule has 2 aromatic heterocycles. The fourth-order valence-corrected chi connectivity index (χ4v) is 6.51. The third kappa shape index (κ3) is 6.37. The van der Waals surface area contributed by atoms with Crippen LogP contribution < -0.4 is 10.6 Å². The number of nitrogens with zero attached hydrogens (tertiary/aromatic N) is 4. The van der Waals surface area contributed by atoms with Crippen LogP contribution in [-0.4, -0.2) is 42.4 Å². The maximum atomic E-state index is 10.3. The summed E-state index contributed by atoms with van der Waals surface area (Å²) in [5, 5.41) is 27.4. The van der Waals surface area contributed by atoms with Crippen LogP contribution in [0.3, 0.4) is 0 Å². The molecule has 0 amide bonds. The first-order chi connectivity index (χ1) is 20.2. The molecule has 0 bridgehead atoms. The summed E-state index contributed by atoms with van der Waals surface area (Å²) in [6.45, 7) is 7.94.